The average Bonchev–Trinajstić information content (AvgIpc) is 2.53. The number of hydrogen-bond acceptors (Lipinski definition) is 2. The van der Waals surface area contributed by atoms with Gasteiger partial charge in [0.05, 0.1) is 0 Å². The summed E-state index contributed by atoms with van der Waals surface area (Å²) in [4.78, 5) is 13.8. The molecule has 0 aliphatic carbocycles. The van der Waals surface area contributed by atoms with Crippen molar-refractivity contribution in [3.05, 3.63) is 70.7 Å². The van der Waals surface area contributed by atoms with Gasteiger partial charge < -0.3 is 10.2 Å². The van der Waals surface area contributed by atoms with Crippen molar-refractivity contribution in [3.8, 4) is 0 Å². The zero-order valence-corrected chi connectivity index (χ0v) is 13.5. The SMILES string of the molecule is CN(Cc1ccccc1)C(=O)CCNCc1ccccc1Cl. The van der Waals surface area contributed by atoms with Gasteiger partial charge in [0.1, 0.15) is 0 Å². The molecule has 0 atom stereocenters. The average molecular weight is 317 g/mol. The van der Waals surface area contributed by atoms with Crippen LogP contribution in [0.15, 0.2) is 54.6 Å². The molecule has 2 aromatic carbocycles. The minimum atomic E-state index is 0.135. The maximum Gasteiger partial charge on any atom is 0.223 e. The lowest BCUT2D eigenvalue weighted by Crippen LogP contribution is -2.29. The standard InChI is InChI=1S/C18H21ClN2O/c1-21(14-15-7-3-2-4-8-15)18(22)11-12-20-13-16-9-5-6-10-17(16)19/h2-10,20H,11-14H2,1H3. The summed E-state index contributed by atoms with van der Waals surface area (Å²) < 4.78 is 0. The molecule has 2 aromatic rings. The molecule has 0 aliphatic rings. The Balaban J connectivity index is 1.70. The molecular formula is C18H21ClN2O. The van der Waals surface area contributed by atoms with Gasteiger partial charge in [-0.25, -0.2) is 0 Å². The molecule has 22 heavy (non-hydrogen) atoms. The lowest BCUT2D eigenvalue weighted by molar-refractivity contribution is -0.130. The van der Waals surface area contributed by atoms with Gasteiger partial charge in [-0.2, -0.15) is 0 Å². The Hall–Kier alpha value is -1.84. The molecule has 0 radical (unpaired) electrons. The van der Waals surface area contributed by atoms with Gasteiger partial charge in [0, 0.05) is 38.1 Å². The van der Waals surface area contributed by atoms with Crippen molar-refractivity contribution in [3.63, 3.8) is 0 Å². The van der Waals surface area contributed by atoms with Gasteiger partial charge in [-0.05, 0) is 17.2 Å². The first-order valence-electron chi connectivity index (χ1n) is 7.39. The Labute approximate surface area is 136 Å². The van der Waals surface area contributed by atoms with Crippen LogP contribution in [0.4, 0.5) is 0 Å². The first kappa shape index (κ1) is 16.5. The molecular weight excluding hydrogens is 296 g/mol. The molecule has 116 valence electrons. The summed E-state index contributed by atoms with van der Waals surface area (Å²) in [5.74, 6) is 0.135. The van der Waals surface area contributed by atoms with Crippen molar-refractivity contribution < 1.29 is 4.79 Å². The molecule has 0 aliphatic heterocycles. The topological polar surface area (TPSA) is 32.3 Å². The molecule has 3 nitrogen and oxygen atoms in total. The van der Waals surface area contributed by atoms with Crippen molar-refractivity contribution in [1.82, 2.24) is 10.2 Å². The summed E-state index contributed by atoms with van der Waals surface area (Å²) in [6.45, 7) is 1.96. The number of rotatable bonds is 7. The van der Waals surface area contributed by atoms with Crippen molar-refractivity contribution in [2.24, 2.45) is 0 Å². The van der Waals surface area contributed by atoms with Crippen LogP contribution in [0.1, 0.15) is 17.5 Å². The second-order valence-corrected chi connectivity index (χ2v) is 5.66. The van der Waals surface area contributed by atoms with Crippen LogP contribution in [0.3, 0.4) is 0 Å². The summed E-state index contributed by atoms with van der Waals surface area (Å²) in [5.41, 5.74) is 2.19. The van der Waals surface area contributed by atoms with E-state index in [4.69, 9.17) is 11.6 Å². The lowest BCUT2D eigenvalue weighted by atomic mass is 10.2. The number of nitrogens with one attached hydrogen (secondary N) is 1. The van der Waals surface area contributed by atoms with E-state index in [9.17, 15) is 4.79 Å². The van der Waals surface area contributed by atoms with Crippen LogP contribution in [-0.4, -0.2) is 24.4 Å². The number of nitrogens with zero attached hydrogens (tertiary/aromatic N) is 1. The number of carbonyl (C=O) groups is 1. The Kier molecular flexibility index (Phi) is 6.44. The minimum absolute atomic E-state index is 0.135. The normalized spacial score (nSPS) is 10.5. The van der Waals surface area contributed by atoms with Crippen LogP contribution < -0.4 is 5.32 Å². The van der Waals surface area contributed by atoms with Crippen LogP contribution in [0, 0.1) is 0 Å². The maximum absolute atomic E-state index is 12.1. The second kappa shape index (κ2) is 8.57. The first-order valence-corrected chi connectivity index (χ1v) is 7.76. The monoisotopic (exact) mass is 316 g/mol. The number of carbonyl (C=O) groups excluding carboxylic acids is 1. The number of hydrogen-bond donors (Lipinski definition) is 1. The summed E-state index contributed by atoms with van der Waals surface area (Å²) in [5, 5.41) is 4.01. The first-order chi connectivity index (χ1) is 10.7. The highest BCUT2D eigenvalue weighted by Crippen LogP contribution is 2.14. The predicted molar refractivity (Wildman–Crippen MR) is 90.7 cm³/mol. The molecule has 2 rings (SSSR count). The quantitative estimate of drug-likeness (QED) is 0.793. The molecule has 0 spiro atoms. The molecule has 1 N–H and O–H groups in total. The molecule has 0 heterocycles. The molecule has 0 saturated carbocycles. The van der Waals surface area contributed by atoms with E-state index in [1.165, 1.54) is 0 Å². The highest BCUT2D eigenvalue weighted by Gasteiger charge is 2.08. The third-order valence-electron chi connectivity index (χ3n) is 3.48. The molecule has 0 bridgehead atoms. The van der Waals surface area contributed by atoms with Crippen LogP contribution in [0.25, 0.3) is 0 Å². The fourth-order valence-corrected chi connectivity index (χ4v) is 2.40. The van der Waals surface area contributed by atoms with E-state index in [-0.39, 0.29) is 5.91 Å². The van der Waals surface area contributed by atoms with E-state index in [0.717, 1.165) is 16.1 Å². The zero-order chi connectivity index (χ0) is 15.8. The van der Waals surface area contributed by atoms with E-state index in [1.54, 1.807) is 4.90 Å². The molecule has 0 saturated heterocycles. The van der Waals surface area contributed by atoms with Crippen molar-refractivity contribution in [1.29, 1.82) is 0 Å². The van der Waals surface area contributed by atoms with Crippen LogP contribution in [0.2, 0.25) is 5.02 Å². The number of benzene rings is 2. The summed E-state index contributed by atoms with van der Waals surface area (Å²) in [6.07, 6.45) is 0.480. The van der Waals surface area contributed by atoms with E-state index in [2.05, 4.69) is 5.32 Å². The lowest BCUT2D eigenvalue weighted by Gasteiger charge is -2.17. The van der Waals surface area contributed by atoms with Gasteiger partial charge in [0.25, 0.3) is 0 Å². The highest BCUT2D eigenvalue weighted by atomic mass is 35.5. The third-order valence-corrected chi connectivity index (χ3v) is 3.85. The predicted octanol–water partition coefficient (Wildman–Crippen LogP) is 3.48. The van der Waals surface area contributed by atoms with Gasteiger partial charge in [0.2, 0.25) is 5.91 Å². The number of halogens is 1. The van der Waals surface area contributed by atoms with Gasteiger partial charge in [-0.15, -0.1) is 0 Å². The smallest absolute Gasteiger partial charge is 0.223 e. The third kappa shape index (κ3) is 5.17. The van der Waals surface area contributed by atoms with Gasteiger partial charge in [-0.1, -0.05) is 60.1 Å². The second-order valence-electron chi connectivity index (χ2n) is 5.25. The van der Waals surface area contributed by atoms with Gasteiger partial charge >= 0.3 is 0 Å². The van der Waals surface area contributed by atoms with E-state index in [0.29, 0.717) is 26.1 Å². The Morgan fingerprint density at radius 1 is 1.09 bits per heavy atom. The van der Waals surface area contributed by atoms with Gasteiger partial charge in [-0.3, -0.25) is 4.79 Å². The Morgan fingerprint density at radius 2 is 1.77 bits per heavy atom. The molecule has 1 amide bonds. The largest absolute Gasteiger partial charge is 0.341 e. The van der Waals surface area contributed by atoms with E-state index >= 15 is 0 Å². The number of amides is 1. The summed E-state index contributed by atoms with van der Waals surface area (Å²) in [6, 6.07) is 17.7. The van der Waals surface area contributed by atoms with E-state index < -0.39 is 0 Å². The summed E-state index contributed by atoms with van der Waals surface area (Å²) >= 11 is 6.09. The maximum atomic E-state index is 12.1. The van der Waals surface area contributed by atoms with Crippen molar-refractivity contribution >= 4 is 17.5 Å². The molecule has 4 heteroatoms. The van der Waals surface area contributed by atoms with E-state index in [1.807, 2.05) is 61.6 Å². The minimum Gasteiger partial charge on any atom is -0.341 e. The fraction of sp³-hybridized carbons (Fsp3) is 0.278. The Morgan fingerprint density at radius 3 is 2.50 bits per heavy atom. The molecule has 0 unspecified atom stereocenters. The van der Waals surface area contributed by atoms with Crippen LogP contribution >= 0.6 is 11.6 Å². The van der Waals surface area contributed by atoms with Crippen molar-refractivity contribution in [2.75, 3.05) is 13.6 Å². The van der Waals surface area contributed by atoms with Crippen LogP contribution in [-0.2, 0) is 17.9 Å². The van der Waals surface area contributed by atoms with Crippen molar-refractivity contribution in [2.45, 2.75) is 19.5 Å². The van der Waals surface area contributed by atoms with Gasteiger partial charge in [0.15, 0.2) is 0 Å². The molecule has 0 fully saturated rings. The van der Waals surface area contributed by atoms with Crippen LogP contribution in [0.5, 0.6) is 0 Å². The highest BCUT2D eigenvalue weighted by molar-refractivity contribution is 6.31. The zero-order valence-electron chi connectivity index (χ0n) is 12.8. The molecule has 0 aromatic heterocycles. The Bertz CT molecular complexity index is 601. The summed E-state index contributed by atoms with van der Waals surface area (Å²) in [7, 11) is 1.84. The fourth-order valence-electron chi connectivity index (χ4n) is 2.20.